The number of rotatable bonds is 4. The van der Waals surface area contributed by atoms with Crippen LogP contribution in [0.15, 0.2) is 11.0 Å². The minimum absolute atomic E-state index is 0.130. The first-order valence-electron chi connectivity index (χ1n) is 9.80. The third-order valence-corrected chi connectivity index (χ3v) is 8.24. The molecule has 1 aromatic carbocycles. The molecule has 6 nitrogen and oxygen atoms in total. The summed E-state index contributed by atoms with van der Waals surface area (Å²) in [5.74, 6) is 0.130. The topological polar surface area (TPSA) is 69.7 Å². The van der Waals surface area contributed by atoms with Gasteiger partial charge in [-0.2, -0.15) is 4.31 Å². The molecule has 1 unspecified atom stereocenters. The van der Waals surface area contributed by atoms with E-state index in [1.165, 1.54) is 0 Å². The molecule has 1 aromatic rings. The van der Waals surface area contributed by atoms with Crippen LogP contribution in [-0.4, -0.2) is 62.3 Å². The largest absolute Gasteiger partial charge is 0.340 e. The van der Waals surface area contributed by atoms with Crippen molar-refractivity contribution in [1.82, 2.24) is 14.5 Å². The second-order valence-electron chi connectivity index (χ2n) is 7.87. The molecule has 1 amide bonds. The third-order valence-electron chi connectivity index (χ3n) is 6.07. The number of aryl methyl sites for hydroxylation is 2. The van der Waals surface area contributed by atoms with E-state index < -0.39 is 10.0 Å². The Labute approximate surface area is 163 Å². The zero-order valence-electron chi connectivity index (χ0n) is 16.8. The SMILES string of the molecule is Cc1cc(C)c(C)c(S(=O)(=O)N2CCN(C(=O)CC3CCCN3)CC2)c1C. The van der Waals surface area contributed by atoms with Crippen molar-refractivity contribution in [3.63, 3.8) is 0 Å². The highest BCUT2D eigenvalue weighted by Gasteiger charge is 2.33. The molecule has 1 N–H and O–H groups in total. The highest BCUT2D eigenvalue weighted by Crippen LogP contribution is 2.29. The summed E-state index contributed by atoms with van der Waals surface area (Å²) < 4.78 is 28.1. The molecule has 2 aliphatic heterocycles. The molecule has 0 spiro atoms. The van der Waals surface area contributed by atoms with Crippen LogP contribution in [0.3, 0.4) is 0 Å². The molecule has 27 heavy (non-hydrogen) atoms. The molecule has 2 heterocycles. The van der Waals surface area contributed by atoms with Crippen LogP contribution in [0.1, 0.15) is 41.5 Å². The molecule has 2 aliphatic rings. The van der Waals surface area contributed by atoms with Gasteiger partial charge in [-0.3, -0.25) is 4.79 Å². The quantitative estimate of drug-likeness (QED) is 0.848. The fourth-order valence-electron chi connectivity index (χ4n) is 4.15. The maximum Gasteiger partial charge on any atom is 0.243 e. The molecular formula is C20H31N3O3S. The van der Waals surface area contributed by atoms with E-state index in [4.69, 9.17) is 0 Å². The number of benzene rings is 1. The Morgan fingerprint density at radius 2 is 1.67 bits per heavy atom. The molecule has 3 rings (SSSR count). The lowest BCUT2D eigenvalue weighted by Gasteiger charge is -2.35. The Kier molecular flexibility index (Phi) is 5.93. The average Bonchev–Trinajstić information content (AvgIpc) is 3.13. The van der Waals surface area contributed by atoms with Gasteiger partial charge in [0.15, 0.2) is 0 Å². The van der Waals surface area contributed by atoms with Gasteiger partial charge in [-0.15, -0.1) is 0 Å². The van der Waals surface area contributed by atoms with Gasteiger partial charge in [0.2, 0.25) is 15.9 Å². The summed E-state index contributed by atoms with van der Waals surface area (Å²) in [7, 11) is -3.56. The maximum atomic E-state index is 13.3. The summed E-state index contributed by atoms with van der Waals surface area (Å²) in [5.41, 5.74) is 3.64. The van der Waals surface area contributed by atoms with Gasteiger partial charge in [-0.05, 0) is 69.3 Å². The van der Waals surface area contributed by atoms with Crippen LogP contribution in [0.4, 0.5) is 0 Å². The van der Waals surface area contributed by atoms with E-state index in [0.717, 1.165) is 41.6 Å². The molecule has 2 saturated heterocycles. The van der Waals surface area contributed by atoms with Gasteiger partial charge in [0.25, 0.3) is 0 Å². The van der Waals surface area contributed by atoms with Crippen LogP contribution < -0.4 is 5.32 Å². The smallest absolute Gasteiger partial charge is 0.243 e. The molecule has 0 saturated carbocycles. The number of carbonyl (C=O) groups is 1. The van der Waals surface area contributed by atoms with Crippen LogP contribution in [-0.2, 0) is 14.8 Å². The number of nitrogens with zero attached hydrogens (tertiary/aromatic N) is 2. The van der Waals surface area contributed by atoms with Crippen LogP contribution in [0.2, 0.25) is 0 Å². The van der Waals surface area contributed by atoms with E-state index >= 15 is 0 Å². The number of piperazine rings is 1. The highest BCUT2D eigenvalue weighted by atomic mass is 32.2. The lowest BCUT2D eigenvalue weighted by Crippen LogP contribution is -2.51. The number of amides is 1. The minimum Gasteiger partial charge on any atom is -0.340 e. The first-order chi connectivity index (χ1) is 12.7. The highest BCUT2D eigenvalue weighted by molar-refractivity contribution is 7.89. The van der Waals surface area contributed by atoms with Gasteiger partial charge in [0.05, 0.1) is 4.90 Å². The van der Waals surface area contributed by atoms with Gasteiger partial charge in [-0.25, -0.2) is 8.42 Å². The van der Waals surface area contributed by atoms with Crippen LogP contribution in [0, 0.1) is 27.7 Å². The van der Waals surface area contributed by atoms with Crippen molar-refractivity contribution in [2.45, 2.75) is 57.9 Å². The summed E-state index contributed by atoms with van der Waals surface area (Å²) >= 11 is 0. The molecular weight excluding hydrogens is 362 g/mol. The summed E-state index contributed by atoms with van der Waals surface area (Å²) in [4.78, 5) is 14.7. The number of sulfonamides is 1. The average molecular weight is 394 g/mol. The second kappa shape index (κ2) is 7.89. The van der Waals surface area contributed by atoms with Crippen molar-refractivity contribution in [3.8, 4) is 0 Å². The summed E-state index contributed by atoms with van der Waals surface area (Å²) in [6.07, 6.45) is 2.69. The monoisotopic (exact) mass is 393 g/mol. The molecule has 150 valence electrons. The van der Waals surface area contributed by atoms with Crippen molar-refractivity contribution in [1.29, 1.82) is 0 Å². The third kappa shape index (κ3) is 4.05. The second-order valence-corrected chi connectivity index (χ2v) is 9.75. The van der Waals surface area contributed by atoms with E-state index in [2.05, 4.69) is 5.32 Å². The molecule has 0 radical (unpaired) electrons. The summed E-state index contributed by atoms with van der Waals surface area (Å²) in [5, 5.41) is 3.35. The zero-order chi connectivity index (χ0) is 19.8. The molecule has 0 aliphatic carbocycles. The van der Waals surface area contributed by atoms with Gasteiger partial charge < -0.3 is 10.2 Å². The zero-order valence-corrected chi connectivity index (χ0v) is 17.7. The predicted molar refractivity (Wildman–Crippen MR) is 106 cm³/mol. The maximum absolute atomic E-state index is 13.3. The van der Waals surface area contributed by atoms with Gasteiger partial charge in [0.1, 0.15) is 0 Å². The minimum atomic E-state index is -3.56. The molecule has 1 atom stereocenters. The Hall–Kier alpha value is -1.44. The predicted octanol–water partition coefficient (Wildman–Crippen LogP) is 1.90. The van der Waals surface area contributed by atoms with E-state index in [9.17, 15) is 13.2 Å². The molecule has 7 heteroatoms. The Morgan fingerprint density at radius 1 is 1.07 bits per heavy atom. The van der Waals surface area contributed by atoms with Crippen molar-refractivity contribution in [2.24, 2.45) is 0 Å². The van der Waals surface area contributed by atoms with E-state index in [0.29, 0.717) is 37.5 Å². The summed E-state index contributed by atoms with van der Waals surface area (Å²) in [6.45, 7) is 10.3. The molecule has 0 aromatic heterocycles. The van der Waals surface area contributed by atoms with E-state index in [1.54, 1.807) is 4.31 Å². The Morgan fingerprint density at radius 3 is 2.19 bits per heavy atom. The number of hydrogen-bond acceptors (Lipinski definition) is 4. The van der Waals surface area contributed by atoms with Crippen LogP contribution >= 0.6 is 0 Å². The fourth-order valence-corrected chi connectivity index (χ4v) is 6.14. The normalized spacial score (nSPS) is 21.6. The number of hydrogen-bond donors (Lipinski definition) is 1. The fraction of sp³-hybridized carbons (Fsp3) is 0.650. The van der Waals surface area contributed by atoms with Gasteiger partial charge in [0, 0.05) is 38.6 Å². The summed E-state index contributed by atoms with van der Waals surface area (Å²) in [6, 6.07) is 2.32. The lowest BCUT2D eigenvalue weighted by molar-refractivity contribution is -0.132. The van der Waals surface area contributed by atoms with Crippen molar-refractivity contribution >= 4 is 15.9 Å². The van der Waals surface area contributed by atoms with Crippen molar-refractivity contribution < 1.29 is 13.2 Å². The van der Waals surface area contributed by atoms with Crippen LogP contribution in [0.5, 0.6) is 0 Å². The first-order valence-corrected chi connectivity index (χ1v) is 11.2. The molecule has 0 bridgehead atoms. The van der Waals surface area contributed by atoms with Crippen molar-refractivity contribution in [2.75, 3.05) is 32.7 Å². The first kappa shape index (κ1) is 20.3. The Bertz CT molecular complexity index is 795. The molecule has 2 fully saturated rings. The Balaban J connectivity index is 1.71. The lowest BCUT2D eigenvalue weighted by atomic mass is 10.0. The van der Waals surface area contributed by atoms with E-state index in [-0.39, 0.29) is 11.9 Å². The van der Waals surface area contributed by atoms with Gasteiger partial charge >= 0.3 is 0 Å². The van der Waals surface area contributed by atoms with Gasteiger partial charge in [-0.1, -0.05) is 6.07 Å². The number of nitrogens with one attached hydrogen (secondary N) is 1. The number of carbonyl (C=O) groups excluding carboxylic acids is 1. The van der Waals surface area contributed by atoms with Crippen molar-refractivity contribution in [3.05, 3.63) is 28.3 Å². The van der Waals surface area contributed by atoms with Crippen LogP contribution in [0.25, 0.3) is 0 Å². The standard InChI is InChI=1S/C20H31N3O3S/c1-14-12-15(2)17(4)20(16(14)3)27(25,26)23-10-8-22(9-11-23)19(24)13-18-6-5-7-21-18/h12,18,21H,5-11,13H2,1-4H3. The van der Waals surface area contributed by atoms with E-state index in [1.807, 2.05) is 38.7 Å².